The molecule has 0 aromatic heterocycles. The molecule has 1 heterocycles. The summed E-state index contributed by atoms with van der Waals surface area (Å²) < 4.78 is 18.8. The number of piperazine rings is 1. The lowest BCUT2D eigenvalue weighted by Crippen LogP contribution is -2.48. The third kappa shape index (κ3) is 6.39. The number of carbonyl (C=O) groups excluding carboxylic acids is 1. The zero-order valence-corrected chi connectivity index (χ0v) is 17.6. The van der Waals surface area contributed by atoms with Crippen molar-refractivity contribution in [3.8, 4) is 5.75 Å². The van der Waals surface area contributed by atoms with E-state index in [2.05, 4.69) is 10.2 Å². The van der Waals surface area contributed by atoms with Crippen LogP contribution in [0.25, 0.3) is 0 Å². The maximum atomic E-state index is 13.8. The number of benzene rings is 2. The molecule has 0 saturated carbocycles. The average Bonchev–Trinajstić information content (AvgIpc) is 2.77. The largest absolute Gasteiger partial charge is 0.494 e. The monoisotopic (exact) mass is 430 g/mol. The molecule has 31 heavy (non-hydrogen) atoms. The van der Waals surface area contributed by atoms with Gasteiger partial charge >= 0.3 is 0 Å². The topological polar surface area (TPSA) is 88.0 Å². The molecule has 0 spiro atoms. The fourth-order valence-corrected chi connectivity index (χ4v) is 3.55. The van der Waals surface area contributed by atoms with Crippen molar-refractivity contribution in [2.24, 2.45) is 0 Å². The molecule has 1 fully saturated rings. The van der Waals surface area contributed by atoms with Crippen molar-refractivity contribution < 1.29 is 18.8 Å². The standard InChI is InChI=1S/C22H27FN4O4/c1-31-21-9-4-17(15-20(21)23)16-25-11-13-26(14-12-25)22(28)3-2-10-24-18-5-7-19(8-6-18)27(29)30/h4-9,15,24H,2-3,10-14,16H2,1H3. The lowest BCUT2D eigenvalue weighted by atomic mass is 10.1. The highest BCUT2D eigenvalue weighted by molar-refractivity contribution is 5.76. The number of nitrogens with one attached hydrogen (secondary N) is 1. The first-order chi connectivity index (χ1) is 15.0. The van der Waals surface area contributed by atoms with E-state index in [1.165, 1.54) is 25.3 Å². The Morgan fingerprint density at radius 2 is 1.87 bits per heavy atom. The number of nitro benzene ring substituents is 1. The molecule has 2 aromatic carbocycles. The number of ether oxygens (including phenoxy) is 1. The summed E-state index contributed by atoms with van der Waals surface area (Å²) >= 11 is 0. The van der Waals surface area contributed by atoms with E-state index in [9.17, 15) is 19.3 Å². The fourth-order valence-electron chi connectivity index (χ4n) is 3.55. The average molecular weight is 430 g/mol. The molecule has 1 amide bonds. The number of rotatable bonds is 9. The third-order valence-corrected chi connectivity index (χ3v) is 5.32. The minimum atomic E-state index is -0.433. The molecule has 0 unspecified atom stereocenters. The Morgan fingerprint density at radius 3 is 2.48 bits per heavy atom. The molecule has 166 valence electrons. The van der Waals surface area contributed by atoms with E-state index in [1.54, 1.807) is 18.2 Å². The second-order valence-electron chi connectivity index (χ2n) is 7.46. The number of methoxy groups -OCH3 is 1. The van der Waals surface area contributed by atoms with E-state index in [0.717, 1.165) is 24.3 Å². The minimum absolute atomic E-state index is 0.0528. The van der Waals surface area contributed by atoms with Gasteiger partial charge in [-0.15, -0.1) is 0 Å². The van der Waals surface area contributed by atoms with E-state index in [0.29, 0.717) is 39.0 Å². The normalized spacial score (nSPS) is 14.3. The SMILES string of the molecule is COc1ccc(CN2CCN(C(=O)CCCNc3ccc([N+](=O)[O-])cc3)CC2)cc1F. The van der Waals surface area contributed by atoms with Crippen LogP contribution in [-0.2, 0) is 11.3 Å². The van der Waals surface area contributed by atoms with Crippen molar-refractivity contribution in [3.63, 3.8) is 0 Å². The van der Waals surface area contributed by atoms with Gasteiger partial charge in [0.25, 0.3) is 5.69 Å². The van der Waals surface area contributed by atoms with E-state index in [1.807, 2.05) is 11.0 Å². The predicted molar refractivity (Wildman–Crippen MR) is 116 cm³/mol. The summed E-state index contributed by atoms with van der Waals surface area (Å²) in [5, 5.41) is 13.8. The van der Waals surface area contributed by atoms with Gasteiger partial charge in [-0.1, -0.05) is 6.07 Å². The number of non-ortho nitro benzene ring substituents is 1. The Balaban J connectivity index is 1.35. The number of halogens is 1. The first-order valence-electron chi connectivity index (χ1n) is 10.3. The quantitative estimate of drug-likeness (QED) is 0.373. The van der Waals surface area contributed by atoms with Gasteiger partial charge in [0.05, 0.1) is 12.0 Å². The molecule has 0 radical (unpaired) electrons. The summed E-state index contributed by atoms with van der Waals surface area (Å²) in [6.45, 7) is 4.08. The van der Waals surface area contributed by atoms with Crippen molar-refractivity contribution in [1.82, 2.24) is 9.80 Å². The summed E-state index contributed by atoms with van der Waals surface area (Å²) in [6.07, 6.45) is 1.13. The van der Waals surface area contributed by atoms with Crippen LogP contribution in [0.15, 0.2) is 42.5 Å². The van der Waals surface area contributed by atoms with Gasteiger partial charge in [0.1, 0.15) is 0 Å². The summed E-state index contributed by atoms with van der Waals surface area (Å²) in [5.74, 6) is -0.000903. The van der Waals surface area contributed by atoms with E-state index in [4.69, 9.17) is 4.74 Å². The Hall–Kier alpha value is -3.20. The molecular formula is C22H27FN4O4. The fraction of sp³-hybridized carbons (Fsp3) is 0.409. The molecule has 1 saturated heterocycles. The van der Waals surface area contributed by atoms with Crippen LogP contribution in [0.3, 0.4) is 0 Å². The van der Waals surface area contributed by atoms with E-state index in [-0.39, 0.29) is 23.2 Å². The molecule has 1 N–H and O–H groups in total. The van der Waals surface area contributed by atoms with Crippen LogP contribution in [0.2, 0.25) is 0 Å². The van der Waals surface area contributed by atoms with Crippen LogP contribution in [0.1, 0.15) is 18.4 Å². The summed E-state index contributed by atoms with van der Waals surface area (Å²) in [4.78, 5) is 26.8. The number of hydrogen-bond acceptors (Lipinski definition) is 6. The Kier molecular flexibility index (Phi) is 7.77. The maximum absolute atomic E-state index is 13.8. The number of anilines is 1. The number of hydrogen-bond donors (Lipinski definition) is 1. The number of amides is 1. The minimum Gasteiger partial charge on any atom is -0.494 e. The second-order valence-corrected chi connectivity index (χ2v) is 7.46. The van der Waals surface area contributed by atoms with E-state index < -0.39 is 4.92 Å². The Bertz CT molecular complexity index is 899. The van der Waals surface area contributed by atoms with Crippen molar-refractivity contribution in [3.05, 3.63) is 64.0 Å². The molecule has 3 rings (SSSR count). The van der Waals surface area contributed by atoms with Crippen molar-refractivity contribution in [1.29, 1.82) is 0 Å². The highest BCUT2D eigenvalue weighted by atomic mass is 19.1. The number of nitrogens with zero attached hydrogens (tertiary/aromatic N) is 3. The van der Waals surface area contributed by atoms with Gasteiger partial charge in [0, 0.05) is 63.5 Å². The predicted octanol–water partition coefficient (Wildman–Crippen LogP) is 3.28. The molecular weight excluding hydrogens is 403 g/mol. The highest BCUT2D eigenvalue weighted by Gasteiger charge is 2.21. The zero-order valence-electron chi connectivity index (χ0n) is 17.6. The number of nitro groups is 1. The highest BCUT2D eigenvalue weighted by Crippen LogP contribution is 2.19. The van der Waals surface area contributed by atoms with Gasteiger partial charge < -0.3 is 15.0 Å². The molecule has 1 aliphatic rings. The molecule has 0 atom stereocenters. The molecule has 2 aromatic rings. The van der Waals surface area contributed by atoms with Crippen molar-refractivity contribution in [2.45, 2.75) is 19.4 Å². The Morgan fingerprint density at radius 1 is 1.16 bits per heavy atom. The molecule has 8 nitrogen and oxygen atoms in total. The van der Waals surface area contributed by atoms with Crippen molar-refractivity contribution in [2.75, 3.05) is 45.2 Å². The number of carbonyl (C=O) groups is 1. The van der Waals surface area contributed by atoms with Crippen LogP contribution in [0.5, 0.6) is 5.75 Å². The summed E-state index contributed by atoms with van der Waals surface area (Å²) in [6, 6.07) is 11.2. The van der Waals surface area contributed by atoms with Gasteiger partial charge in [0.15, 0.2) is 11.6 Å². The van der Waals surface area contributed by atoms with Crippen LogP contribution in [0.4, 0.5) is 15.8 Å². The first-order valence-corrected chi connectivity index (χ1v) is 10.3. The van der Waals surface area contributed by atoms with Crippen LogP contribution < -0.4 is 10.1 Å². The molecule has 1 aliphatic heterocycles. The first kappa shape index (κ1) is 22.5. The van der Waals surface area contributed by atoms with Crippen LogP contribution >= 0.6 is 0 Å². The maximum Gasteiger partial charge on any atom is 0.269 e. The van der Waals surface area contributed by atoms with Gasteiger partial charge in [0.2, 0.25) is 5.91 Å². The van der Waals surface area contributed by atoms with Crippen LogP contribution in [0, 0.1) is 15.9 Å². The molecule has 9 heteroatoms. The van der Waals surface area contributed by atoms with E-state index >= 15 is 0 Å². The summed E-state index contributed by atoms with van der Waals surface area (Å²) in [5.41, 5.74) is 1.73. The van der Waals surface area contributed by atoms with Gasteiger partial charge in [-0.25, -0.2) is 4.39 Å². The third-order valence-electron chi connectivity index (χ3n) is 5.32. The lowest BCUT2D eigenvalue weighted by molar-refractivity contribution is -0.384. The smallest absolute Gasteiger partial charge is 0.269 e. The molecule has 0 aliphatic carbocycles. The Labute approximate surface area is 180 Å². The summed E-state index contributed by atoms with van der Waals surface area (Å²) in [7, 11) is 1.44. The van der Waals surface area contributed by atoms with Gasteiger partial charge in [-0.2, -0.15) is 0 Å². The van der Waals surface area contributed by atoms with Crippen molar-refractivity contribution >= 4 is 17.3 Å². The van der Waals surface area contributed by atoms with Gasteiger partial charge in [-0.05, 0) is 36.2 Å². The lowest BCUT2D eigenvalue weighted by Gasteiger charge is -2.35. The second kappa shape index (κ2) is 10.7. The molecule has 0 bridgehead atoms. The zero-order chi connectivity index (χ0) is 22.2. The van der Waals surface area contributed by atoms with Crippen LogP contribution in [-0.4, -0.2) is 60.5 Å². The van der Waals surface area contributed by atoms with Gasteiger partial charge in [-0.3, -0.25) is 19.8 Å².